The molecule has 2 rings (SSSR count). The Morgan fingerprint density at radius 3 is 2.35 bits per heavy atom. The van der Waals surface area contributed by atoms with Crippen LogP contribution in [-0.4, -0.2) is 31.8 Å². The van der Waals surface area contributed by atoms with E-state index in [0.29, 0.717) is 34.6 Å². The van der Waals surface area contributed by atoms with Crippen LogP contribution in [-0.2, 0) is 20.7 Å². The van der Waals surface area contributed by atoms with E-state index in [-0.39, 0.29) is 12.6 Å². The topological polar surface area (TPSA) is 61.8 Å². The number of ether oxygens (including phenoxy) is 3. The Labute approximate surface area is 212 Å². The van der Waals surface area contributed by atoms with Crippen molar-refractivity contribution in [3.63, 3.8) is 0 Å². The molecule has 0 aliphatic heterocycles. The first kappa shape index (κ1) is 27.7. The summed E-state index contributed by atoms with van der Waals surface area (Å²) in [5.74, 6) is -0.285. The highest BCUT2D eigenvalue weighted by Crippen LogP contribution is 2.27. The van der Waals surface area contributed by atoms with Crippen LogP contribution in [0.2, 0.25) is 10.0 Å². The minimum atomic E-state index is -0.410. The summed E-state index contributed by atoms with van der Waals surface area (Å²) < 4.78 is 15.5. The predicted octanol–water partition coefficient (Wildman–Crippen LogP) is 7.23. The zero-order valence-corrected chi connectivity index (χ0v) is 21.1. The normalized spacial score (nSPS) is 10.9. The van der Waals surface area contributed by atoms with Crippen molar-refractivity contribution in [1.82, 2.24) is 0 Å². The van der Waals surface area contributed by atoms with Crippen LogP contribution in [0.3, 0.4) is 0 Å². The number of allylic oxidation sites excluding steroid dienone is 2. The van der Waals surface area contributed by atoms with E-state index in [9.17, 15) is 9.59 Å². The number of hydrogen-bond acceptors (Lipinski definition) is 5. The molecule has 0 N–H and O–H groups in total. The van der Waals surface area contributed by atoms with E-state index in [1.165, 1.54) is 5.56 Å². The average Bonchev–Trinajstić information content (AvgIpc) is 2.82. The van der Waals surface area contributed by atoms with Gasteiger partial charge in [0, 0.05) is 5.02 Å². The molecule has 7 heteroatoms. The molecule has 0 aromatic heterocycles. The first-order valence-electron chi connectivity index (χ1n) is 11.6. The fourth-order valence-electron chi connectivity index (χ4n) is 3.18. The van der Waals surface area contributed by atoms with Crippen molar-refractivity contribution in [3.05, 3.63) is 75.8 Å². The van der Waals surface area contributed by atoms with Gasteiger partial charge in [-0.05, 0) is 68.5 Å². The summed E-state index contributed by atoms with van der Waals surface area (Å²) in [6.07, 6.45) is 11.5. The molecule has 0 heterocycles. The lowest BCUT2D eigenvalue weighted by atomic mass is 10.1. The molecule has 0 atom stereocenters. The molecule has 0 fully saturated rings. The van der Waals surface area contributed by atoms with Crippen LogP contribution in [0.1, 0.15) is 61.4 Å². The molecule has 0 spiro atoms. The molecular weight excluding hydrogens is 475 g/mol. The van der Waals surface area contributed by atoms with Crippen LogP contribution in [0.15, 0.2) is 54.6 Å². The van der Waals surface area contributed by atoms with Gasteiger partial charge in [0.1, 0.15) is 5.75 Å². The summed E-state index contributed by atoms with van der Waals surface area (Å²) in [5, 5.41) is 0.870. The van der Waals surface area contributed by atoms with Crippen LogP contribution < -0.4 is 4.74 Å². The van der Waals surface area contributed by atoms with Crippen molar-refractivity contribution in [3.8, 4) is 5.75 Å². The van der Waals surface area contributed by atoms with Crippen molar-refractivity contribution in [2.24, 2.45) is 0 Å². The molecule has 0 radical (unpaired) electrons. The molecule has 0 amide bonds. The second kappa shape index (κ2) is 16.2. The highest BCUT2D eigenvalue weighted by atomic mass is 35.5. The Bertz CT molecular complexity index is 925. The second-order valence-corrected chi connectivity index (χ2v) is 8.58. The second-order valence-electron chi connectivity index (χ2n) is 7.73. The monoisotopic (exact) mass is 506 g/mol. The molecule has 0 saturated carbocycles. The largest absolute Gasteiger partial charge is 0.480 e. The molecule has 0 saturated heterocycles. The Kier molecular flexibility index (Phi) is 13.2. The van der Waals surface area contributed by atoms with Gasteiger partial charge in [-0.25, -0.2) is 9.59 Å². The maximum atomic E-state index is 11.8. The van der Waals surface area contributed by atoms with E-state index in [2.05, 4.69) is 12.2 Å². The van der Waals surface area contributed by atoms with Gasteiger partial charge < -0.3 is 14.2 Å². The number of carbonyl (C=O) groups excluding carboxylic acids is 2. The number of benzene rings is 2. The average molecular weight is 507 g/mol. The van der Waals surface area contributed by atoms with E-state index in [0.717, 1.165) is 44.9 Å². The number of hydrogen-bond donors (Lipinski definition) is 0. The van der Waals surface area contributed by atoms with Gasteiger partial charge in [-0.1, -0.05) is 66.7 Å². The molecule has 2 aromatic rings. The van der Waals surface area contributed by atoms with Crippen molar-refractivity contribution in [2.45, 2.75) is 51.9 Å². The predicted molar refractivity (Wildman–Crippen MR) is 136 cm³/mol. The summed E-state index contributed by atoms with van der Waals surface area (Å²) in [4.78, 5) is 23.4. The maximum absolute atomic E-state index is 11.8. The van der Waals surface area contributed by atoms with Crippen LogP contribution in [0, 0.1) is 0 Å². The lowest BCUT2D eigenvalue weighted by molar-refractivity contribution is -0.146. The smallest absolute Gasteiger partial charge is 0.344 e. The zero-order chi connectivity index (χ0) is 24.6. The lowest BCUT2D eigenvalue weighted by Crippen LogP contribution is -2.15. The Hall–Kier alpha value is -2.50. The molecule has 0 unspecified atom stereocenters. The SMILES string of the molecule is CCOC(=O)c1ccc(C/C=C/CCCCCCCOC(=O)COc2ccc(Cl)cc2Cl)cc1. The lowest BCUT2D eigenvalue weighted by Gasteiger charge is -2.08. The molecule has 2 aromatic carbocycles. The Morgan fingerprint density at radius 1 is 0.882 bits per heavy atom. The van der Waals surface area contributed by atoms with Crippen LogP contribution in [0.4, 0.5) is 0 Å². The van der Waals surface area contributed by atoms with Gasteiger partial charge in [0.05, 0.1) is 23.8 Å². The minimum absolute atomic E-state index is 0.177. The molecular formula is C27H32Cl2O5. The first-order chi connectivity index (χ1) is 16.5. The van der Waals surface area contributed by atoms with Gasteiger partial charge in [-0.15, -0.1) is 0 Å². The Morgan fingerprint density at radius 2 is 1.62 bits per heavy atom. The summed E-state index contributed by atoms with van der Waals surface area (Å²) >= 11 is 11.8. The summed E-state index contributed by atoms with van der Waals surface area (Å²) in [6.45, 7) is 2.40. The summed E-state index contributed by atoms with van der Waals surface area (Å²) in [7, 11) is 0. The van der Waals surface area contributed by atoms with Crippen molar-refractivity contribution < 1.29 is 23.8 Å². The fraction of sp³-hybridized carbons (Fsp3) is 0.407. The van der Waals surface area contributed by atoms with Crippen LogP contribution >= 0.6 is 23.2 Å². The number of carbonyl (C=O) groups is 2. The number of halogens is 2. The fourth-order valence-corrected chi connectivity index (χ4v) is 3.64. The molecule has 34 heavy (non-hydrogen) atoms. The molecule has 0 aliphatic rings. The van der Waals surface area contributed by atoms with Crippen molar-refractivity contribution in [2.75, 3.05) is 19.8 Å². The van der Waals surface area contributed by atoms with Crippen LogP contribution in [0.5, 0.6) is 5.75 Å². The maximum Gasteiger partial charge on any atom is 0.344 e. The van der Waals surface area contributed by atoms with Gasteiger partial charge in [-0.3, -0.25) is 0 Å². The van der Waals surface area contributed by atoms with Crippen molar-refractivity contribution >= 4 is 35.1 Å². The highest BCUT2D eigenvalue weighted by molar-refractivity contribution is 6.35. The van der Waals surface area contributed by atoms with Gasteiger partial charge in [0.15, 0.2) is 6.61 Å². The molecule has 184 valence electrons. The van der Waals surface area contributed by atoms with Crippen LogP contribution in [0.25, 0.3) is 0 Å². The number of esters is 2. The van der Waals surface area contributed by atoms with Gasteiger partial charge in [0.2, 0.25) is 0 Å². The van der Waals surface area contributed by atoms with Gasteiger partial charge in [-0.2, -0.15) is 0 Å². The highest BCUT2D eigenvalue weighted by Gasteiger charge is 2.08. The van der Waals surface area contributed by atoms with E-state index >= 15 is 0 Å². The van der Waals surface area contributed by atoms with E-state index in [1.54, 1.807) is 37.3 Å². The van der Waals surface area contributed by atoms with E-state index < -0.39 is 5.97 Å². The molecule has 0 aliphatic carbocycles. The van der Waals surface area contributed by atoms with Gasteiger partial charge in [0.25, 0.3) is 0 Å². The minimum Gasteiger partial charge on any atom is -0.480 e. The number of unbranched alkanes of at least 4 members (excludes halogenated alkanes) is 5. The third kappa shape index (κ3) is 11.1. The summed E-state index contributed by atoms with van der Waals surface area (Å²) in [5.41, 5.74) is 1.75. The number of rotatable bonds is 15. The van der Waals surface area contributed by atoms with E-state index in [4.69, 9.17) is 37.4 Å². The quantitative estimate of drug-likeness (QED) is 0.145. The first-order valence-corrected chi connectivity index (χ1v) is 12.4. The molecule has 0 bridgehead atoms. The Balaban J connectivity index is 1.45. The van der Waals surface area contributed by atoms with Gasteiger partial charge >= 0.3 is 11.9 Å². The third-order valence-corrected chi connectivity index (χ3v) is 5.53. The standard InChI is InChI=1S/C27H32Cl2O5/c1-2-32-27(31)22-14-12-21(13-15-22)11-9-7-5-3-4-6-8-10-18-33-26(30)20-34-25-17-16-23(28)19-24(25)29/h7,9,12-17,19H,2-6,8,10-11,18,20H2,1H3/b9-7+. The zero-order valence-electron chi connectivity index (χ0n) is 19.6. The van der Waals surface area contributed by atoms with E-state index in [1.807, 2.05) is 12.1 Å². The molecule has 5 nitrogen and oxygen atoms in total. The van der Waals surface area contributed by atoms with Crippen molar-refractivity contribution in [1.29, 1.82) is 0 Å². The third-order valence-electron chi connectivity index (χ3n) is 5.00. The summed E-state index contributed by atoms with van der Waals surface area (Å²) in [6, 6.07) is 12.4.